The number of nitrogens with one attached hydrogen (secondary N) is 1. The number of rotatable bonds is 9. The van der Waals surface area contributed by atoms with Gasteiger partial charge in [0, 0.05) is 47.4 Å². The molecule has 10 heteroatoms. The molecule has 1 saturated heterocycles. The van der Waals surface area contributed by atoms with Crippen LogP contribution in [0.3, 0.4) is 0 Å². The van der Waals surface area contributed by atoms with Gasteiger partial charge in [-0.3, -0.25) is 0 Å². The highest BCUT2D eigenvalue weighted by molar-refractivity contribution is 7.99. The Bertz CT molecular complexity index is 1220. The third-order valence-electron chi connectivity index (χ3n) is 5.69. The third-order valence-corrected chi connectivity index (χ3v) is 7.25. The summed E-state index contributed by atoms with van der Waals surface area (Å²) >= 11 is 2.86. The lowest BCUT2D eigenvalue weighted by Crippen LogP contribution is -2.35. The molecule has 2 N–H and O–H groups in total. The van der Waals surface area contributed by atoms with Crippen LogP contribution in [0.4, 0.5) is 10.9 Å². The molecule has 35 heavy (non-hydrogen) atoms. The van der Waals surface area contributed by atoms with Crippen molar-refractivity contribution in [2.45, 2.75) is 28.7 Å². The molecule has 1 aliphatic heterocycles. The molecule has 0 saturated carbocycles. The second-order valence-electron chi connectivity index (χ2n) is 8.13. The molecule has 0 spiro atoms. The predicted molar refractivity (Wildman–Crippen MR) is 138 cm³/mol. The molecule has 8 nitrogen and oxygen atoms in total. The van der Waals surface area contributed by atoms with E-state index < -0.39 is 0 Å². The molecule has 0 amide bonds. The zero-order valence-corrected chi connectivity index (χ0v) is 20.7. The number of β-amino-alcohol motifs (C(OH)–C–C–N with tert-alkyl or cyclic N) is 1. The molecule has 4 heterocycles. The molecule has 0 unspecified atom stereocenters. The average molecular weight is 507 g/mol. The third kappa shape index (κ3) is 6.34. The minimum atomic E-state index is 0.202. The normalized spacial score (nSPS) is 14.7. The molecule has 0 bridgehead atoms. The largest absolute Gasteiger partial charge is 0.453 e. The summed E-state index contributed by atoms with van der Waals surface area (Å²) in [5, 5.41) is 14.0. The zero-order chi connectivity index (χ0) is 23.9. The topological polar surface area (TPSA) is 96.3 Å². The van der Waals surface area contributed by atoms with E-state index in [9.17, 15) is 0 Å². The average Bonchev–Trinajstić information content (AvgIpc) is 3.36. The second-order valence-corrected chi connectivity index (χ2v) is 9.97. The van der Waals surface area contributed by atoms with Crippen LogP contribution in [-0.2, 0) is 0 Å². The summed E-state index contributed by atoms with van der Waals surface area (Å²) in [6, 6.07) is 17.4. The summed E-state index contributed by atoms with van der Waals surface area (Å²) in [4.78, 5) is 17.0. The number of piperidine rings is 1. The van der Waals surface area contributed by atoms with Gasteiger partial charge in [0.05, 0.1) is 6.61 Å². The molecule has 3 aromatic heterocycles. The highest BCUT2D eigenvalue weighted by atomic mass is 32.2. The van der Waals surface area contributed by atoms with Crippen LogP contribution in [0, 0.1) is 0 Å². The van der Waals surface area contributed by atoms with Crippen LogP contribution < -0.4 is 10.1 Å². The summed E-state index contributed by atoms with van der Waals surface area (Å²) in [6.07, 6.45) is 5.57. The van der Waals surface area contributed by atoms with Crippen LogP contribution >= 0.6 is 23.3 Å². The molecule has 5 rings (SSSR count). The molecule has 1 fully saturated rings. The summed E-state index contributed by atoms with van der Waals surface area (Å²) in [5.74, 6) is 3.12. The Hall–Kier alpha value is -3.05. The minimum Gasteiger partial charge on any atom is -0.453 e. The molecule has 0 aliphatic carbocycles. The summed E-state index contributed by atoms with van der Waals surface area (Å²) in [7, 11) is 0. The summed E-state index contributed by atoms with van der Waals surface area (Å²) < 4.78 is 10.8. The molecule has 0 radical (unpaired) electrons. The number of para-hydroxylation sites is 1. The number of aliphatic hydroxyl groups is 1. The van der Waals surface area contributed by atoms with Gasteiger partial charge in [0.2, 0.25) is 5.13 Å². The van der Waals surface area contributed by atoms with Gasteiger partial charge in [-0.25, -0.2) is 15.0 Å². The van der Waals surface area contributed by atoms with E-state index in [0.717, 1.165) is 54.0 Å². The van der Waals surface area contributed by atoms with Crippen molar-refractivity contribution in [1.82, 2.24) is 24.2 Å². The number of anilines is 2. The molecule has 0 atom stereocenters. The van der Waals surface area contributed by atoms with E-state index in [0.29, 0.717) is 22.6 Å². The van der Waals surface area contributed by atoms with Crippen LogP contribution in [0.25, 0.3) is 0 Å². The van der Waals surface area contributed by atoms with Gasteiger partial charge in [-0.05, 0) is 50.2 Å². The zero-order valence-electron chi connectivity index (χ0n) is 19.1. The van der Waals surface area contributed by atoms with E-state index in [1.54, 1.807) is 12.4 Å². The number of nitrogens with zero attached hydrogens (tertiary/aromatic N) is 5. The minimum absolute atomic E-state index is 0.202. The fraction of sp³-hybridized carbons (Fsp3) is 0.280. The lowest BCUT2D eigenvalue weighted by atomic mass is 9.96. The van der Waals surface area contributed by atoms with Crippen LogP contribution in [0.2, 0.25) is 0 Å². The smallest absolute Gasteiger partial charge is 0.208 e. The number of aliphatic hydroxyl groups excluding tert-OH is 1. The first-order valence-electron chi connectivity index (χ1n) is 11.5. The SMILES string of the molecule is OCCN1CCC(c2nsc(Nc3ncc(Sc4ccccn4)cc3Oc3ccccc3)n2)CC1. The van der Waals surface area contributed by atoms with Gasteiger partial charge in [-0.15, -0.1) is 0 Å². The first-order chi connectivity index (χ1) is 17.3. The number of benzene rings is 1. The van der Waals surface area contributed by atoms with Gasteiger partial charge < -0.3 is 20.1 Å². The van der Waals surface area contributed by atoms with Crippen molar-refractivity contribution >= 4 is 34.2 Å². The first kappa shape index (κ1) is 23.7. The predicted octanol–water partition coefficient (Wildman–Crippen LogP) is 5.19. The molecule has 1 aromatic carbocycles. The maximum atomic E-state index is 9.16. The number of hydrogen-bond acceptors (Lipinski definition) is 10. The Kier molecular flexibility index (Phi) is 7.84. The van der Waals surface area contributed by atoms with Crippen LogP contribution in [0.15, 0.2) is 76.9 Å². The molecular weight excluding hydrogens is 480 g/mol. The van der Waals surface area contributed by atoms with Crippen molar-refractivity contribution in [1.29, 1.82) is 0 Å². The van der Waals surface area contributed by atoms with Crippen LogP contribution in [-0.4, -0.2) is 55.6 Å². The molecule has 1 aliphatic rings. The molecular formula is C25H26N6O2S2. The Morgan fingerprint density at radius 3 is 2.69 bits per heavy atom. The maximum absolute atomic E-state index is 9.16. The van der Waals surface area contributed by atoms with Gasteiger partial charge in [0.25, 0.3) is 0 Å². The Balaban J connectivity index is 1.33. The number of aromatic nitrogens is 4. The number of ether oxygens (including phenoxy) is 1. The fourth-order valence-electron chi connectivity index (χ4n) is 3.91. The monoisotopic (exact) mass is 506 g/mol. The van der Waals surface area contributed by atoms with Crippen molar-refractivity contribution in [3.05, 3.63) is 72.8 Å². The molecule has 4 aromatic rings. The maximum Gasteiger partial charge on any atom is 0.208 e. The number of likely N-dealkylation sites (tertiary alicyclic amines) is 1. The van der Waals surface area contributed by atoms with Gasteiger partial charge in [0.15, 0.2) is 11.6 Å². The van der Waals surface area contributed by atoms with E-state index >= 15 is 0 Å². The Morgan fingerprint density at radius 1 is 1.09 bits per heavy atom. The Labute approximate surface area is 212 Å². The van der Waals surface area contributed by atoms with Crippen LogP contribution in [0.5, 0.6) is 11.5 Å². The Morgan fingerprint density at radius 2 is 1.91 bits per heavy atom. The number of pyridine rings is 2. The van der Waals surface area contributed by atoms with Crippen molar-refractivity contribution in [3.63, 3.8) is 0 Å². The highest BCUT2D eigenvalue weighted by Crippen LogP contribution is 2.36. The lowest BCUT2D eigenvalue weighted by molar-refractivity contribution is 0.163. The van der Waals surface area contributed by atoms with Gasteiger partial charge >= 0.3 is 0 Å². The van der Waals surface area contributed by atoms with E-state index in [2.05, 4.69) is 24.6 Å². The standard InChI is InChI=1S/C25H26N6O2S2/c32-15-14-31-12-9-18(10-13-31)23-28-25(35-30-23)29-24-21(33-19-6-2-1-3-7-19)16-20(17-27-24)34-22-8-4-5-11-26-22/h1-8,11,16-18,32H,9-10,12-15H2,(H,27,28,29,30). The van der Waals surface area contributed by atoms with Crippen molar-refractivity contribution < 1.29 is 9.84 Å². The summed E-state index contributed by atoms with van der Waals surface area (Å²) in [5.41, 5.74) is 0. The first-order valence-corrected chi connectivity index (χ1v) is 13.1. The van der Waals surface area contributed by atoms with E-state index in [1.807, 2.05) is 54.6 Å². The van der Waals surface area contributed by atoms with Gasteiger partial charge in [0.1, 0.15) is 16.6 Å². The van der Waals surface area contributed by atoms with E-state index in [1.165, 1.54) is 23.3 Å². The van der Waals surface area contributed by atoms with Gasteiger partial charge in [-0.2, -0.15) is 4.37 Å². The van der Waals surface area contributed by atoms with Gasteiger partial charge in [-0.1, -0.05) is 36.0 Å². The fourth-order valence-corrected chi connectivity index (χ4v) is 5.33. The second kappa shape index (κ2) is 11.6. The molecule has 180 valence electrons. The van der Waals surface area contributed by atoms with Crippen molar-refractivity contribution in [2.24, 2.45) is 0 Å². The van der Waals surface area contributed by atoms with E-state index in [4.69, 9.17) is 14.8 Å². The van der Waals surface area contributed by atoms with Crippen molar-refractivity contribution in [2.75, 3.05) is 31.6 Å². The quantitative estimate of drug-likeness (QED) is 0.318. The van der Waals surface area contributed by atoms with E-state index in [-0.39, 0.29) is 6.61 Å². The highest BCUT2D eigenvalue weighted by Gasteiger charge is 2.24. The number of hydrogen-bond donors (Lipinski definition) is 2. The van der Waals surface area contributed by atoms with Crippen LogP contribution in [0.1, 0.15) is 24.6 Å². The lowest BCUT2D eigenvalue weighted by Gasteiger charge is -2.29. The van der Waals surface area contributed by atoms with Crippen molar-refractivity contribution in [3.8, 4) is 11.5 Å². The summed E-state index contributed by atoms with van der Waals surface area (Å²) in [6.45, 7) is 2.85.